The minimum atomic E-state index is -0.860. The van der Waals surface area contributed by atoms with Crippen LogP contribution in [0.2, 0.25) is 0 Å². The van der Waals surface area contributed by atoms with E-state index in [9.17, 15) is 9.90 Å². The summed E-state index contributed by atoms with van der Waals surface area (Å²) in [5.74, 6) is 1.05. The molecular weight excluding hydrogens is 498 g/mol. The zero-order valence-corrected chi connectivity index (χ0v) is 24.3. The molecule has 214 valence electrons. The van der Waals surface area contributed by atoms with E-state index in [0.717, 1.165) is 37.4 Å². The van der Waals surface area contributed by atoms with E-state index in [4.69, 9.17) is 4.74 Å². The first-order valence-corrected chi connectivity index (χ1v) is 15.6. The van der Waals surface area contributed by atoms with Crippen LogP contribution in [0.3, 0.4) is 0 Å². The van der Waals surface area contributed by atoms with Crippen molar-refractivity contribution in [1.29, 1.82) is 0 Å². The second kappa shape index (κ2) is 11.9. The summed E-state index contributed by atoms with van der Waals surface area (Å²) >= 11 is 0. The van der Waals surface area contributed by atoms with Crippen molar-refractivity contribution >= 4 is 22.6 Å². The third-order valence-electron chi connectivity index (χ3n) is 9.24. The highest BCUT2D eigenvalue weighted by atomic mass is 16.5. The number of piperidine rings is 1. The van der Waals surface area contributed by atoms with Gasteiger partial charge in [0.2, 0.25) is 0 Å². The minimum absolute atomic E-state index is 0.367. The Hall–Kier alpha value is -2.99. The van der Waals surface area contributed by atoms with Crippen LogP contribution in [0.5, 0.6) is 5.75 Å². The number of ether oxygens (including phenoxy) is 1. The van der Waals surface area contributed by atoms with Crippen LogP contribution in [0.1, 0.15) is 87.1 Å². The molecule has 1 aliphatic carbocycles. The molecule has 0 atom stereocenters. The van der Waals surface area contributed by atoms with Gasteiger partial charge < -0.3 is 24.2 Å². The lowest BCUT2D eigenvalue weighted by atomic mass is 9.81. The van der Waals surface area contributed by atoms with Crippen molar-refractivity contribution in [3.63, 3.8) is 0 Å². The summed E-state index contributed by atoms with van der Waals surface area (Å²) in [4.78, 5) is 17.2. The monoisotopic (exact) mass is 543 g/mol. The second-order valence-corrected chi connectivity index (χ2v) is 12.6. The van der Waals surface area contributed by atoms with Gasteiger partial charge in [0.25, 0.3) is 0 Å². The van der Waals surface area contributed by atoms with Crippen molar-refractivity contribution in [2.75, 3.05) is 44.2 Å². The molecular formula is C34H45N3O3. The Kier molecular flexibility index (Phi) is 8.06. The van der Waals surface area contributed by atoms with E-state index in [1.54, 1.807) is 6.07 Å². The summed E-state index contributed by atoms with van der Waals surface area (Å²) in [6.45, 7) is 11.3. The van der Waals surface area contributed by atoms with E-state index in [-0.39, 0.29) is 0 Å². The molecule has 1 N–H and O–H groups in total. The number of fused-ring (bicyclic) bond motifs is 5. The van der Waals surface area contributed by atoms with Crippen LogP contribution in [-0.4, -0.2) is 59.9 Å². The number of hydrogen-bond donors (Lipinski definition) is 1. The van der Waals surface area contributed by atoms with Gasteiger partial charge in [-0.05, 0) is 80.4 Å². The van der Waals surface area contributed by atoms with Crippen molar-refractivity contribution in [1.82, 2.24) is 9.47 Å². The van der Waals surface area contributed by atoms with E-state index < -0.39 is 5.97 Å². The highest BCUT2D eigenvalue weighted by Crippen LogP contribution is 2.48. The second-order valence-electron chi connectivity index (χ2n) is 12.6. The first-order valence-electron chi connectivity index (χ1n) is 15.6. The van der Waals surface area contributed by atoms with Gasteiger partial charge in [-0.1, -0.05) is 45.6 Å². The van der Waals surface area contributed by atoms with Gasteiger partial charge in [0.1, 0.15) is 5.75 Å². The number of likely N-dealkylation sites (tertiary alicyclic amines) is 1. The minimum Gasteiger partial charge on any atom is -0.493 e. The lowest BCUT2D eigenvalue weighted by Gasteiger charge is -2.31. The van der Waals surface area contributed by atoms with Crippen LogP contribution in [0.15, 0.2) is 36.4 Å². The average Bonchev–Trinajstić information content (AvgIpc) is 3.21. The number of carbonyl (C=O) groups is 1. The number of anilines is 1. The quantitative estimate of drug-likeness (QED) is 0.321. The van der Waals surface area contributed by atoms with Gasteiger partial charge in [-0.15, -0.1) is 0 Å². The number of rotatable bonds is 8. The van der Waals surface area contributed by atoms with Crippen molar-refractivity contribution in [3.05, 3.63) is 47.5 Å². The lowest BCUT2D eigenvalue weighted by molar-refractivity contribution is 0.0697. The Morgan fingerprint density at radius 2 is 1.70 bits per heavy atom. The van der Waals surface area contributed by atoms with Crippen molar-refractivity contribution in [2.24, 2.45) is 5.92 Å². The molecule has 40 heavy (non-hydrogen) atoms. The first-order chi connectivity index (χ1) is 19.5. The molecule has 2 fully saturated rings. The predicted octanol–water partition coefficient (Wildman–Crippen LogP) is 7.39. The first kappa shape index (κ1) is 27.2. The fourth-order valence-electron chi connectivity index (χ4n) is 7.18. The molecule has 2 aromatic carbocycles. The zero-order valence-electron chi connectivity index (χ0n) is 24.3. The van der Waals surface area contributed by atoms with Crippen LogP contribution < -0.4 is 9.64 Å². The third-order valence-corrected chi connectivity index (χ3v) is 9.24. The SMILES string of the molecule is CC(C)COc1ccc2c(c1)N(CCN1CCCCC1)CCn1c-2c(C2CCCCC2)c2ccc(C(=O)O)cc21. The Morgan fingerprint density at radius 1 is 0.925 bits per heavy atom. The molecule has 6 rings (SSSR count). The summed E-state index contributed by atoms with van der Waals surface area (Å²) < 4.78 is 8.69. The molecule has 0 radical (unpaired) electrons. The predicted molar refractivity (Wildman–Crippen MR) is 163 cm³/mol. The van der Waals surface area contributed by atoms with Crippen molar-refractivity contribution in [2.45, 2.75) is 77.7 Å². The third kappa shape index (κ3) is 5.47. The maximum Gasteiger partial charge on any atom is 0.335 e. The maximum absolute atomic E-state index is 12.0. The summed E-state index contributed by atoms with van der Waals surface area (Å²) in [6.07, 6.45) is 10.2. The van der Waals surface area contributed by atoms with Crippen LogP contribution in [-0.2, 0) is 6.54 Å². The number of benzene rings is 2. The van der Waals surface area contributed by atoms with E-state index in [1.807, 2.05) is 6.07 Å². The highest BCUT2D eigenvalue weighted by Gasteiger charge is 2.31. The van der Waals surface area contributed by atoms with Crippen molar-refractivity contribution in [3.8, 4) is 17.0 Å². The van der Waals surface area contributed by atoms with Gasteiger partial charge in [-0.2, -0.15) is 0 Å². The smallest absolute Gasteiger partial charge is 0.335 e. The van der Waals surface area contributed by atoms with Gasteiger partial charge in [-0.3, -0.25) is 0 Å². The number of aromatic nitrogens is 1. The van der Waals surface area contributed by atoms with Gasteiger partial charge in [0.05, 0.1) is 17.9 Å². The van der Waals surface area contributed by atoms with Crippen LogP contribution in [0.25, 0.3) is 22.2 Å². The molecule has 2 aliphatic heterocycles. The summed E-state index contributed by atoms with van der Waals surface area (Å²) in [5, 5.41) is 11.1. The van der Waals surface area contributed by atoms with Gasteiger partial charge in [0.15, 0.2) is 0 Å². The largest absolute Gasteiger partial charge is 0.493 e. The number of carboxylic acids is 1. The number of nitrogens with zero attached hydrogens (tertiary/aromatic N) is 3. The molecule has 1 aromatic heterocycles. The van der Waals surface area contributed by atoms with Crippen molar-refractivity contribution < 1.29 is 14.6 Å². The van der Waals surface area contributed by atoms with E-state index in [2.05, 4.69) is 52.5 Å². The Labute approximate surface area is 238 Å². The number of hydrogen-bond acceptors (Lipinski definition) is 4. The molecule has 3 heterocycles. The Morgan fingerprint density at radius 3 is 2.45 bits per heavy atom. The summed E-state index contributed by atoms with van der Waals surface area (Å²) in [5.41, 5.74) is 6.69. The lowest BCUT2D eigenvalue weighted by Crippen LogP contribution is -2.38. The standard InChI is InChI=1S/C34H45N3O3/c1-24(2)23-40-27-12-14-29-30(22-27)36(18-17-35-15-7-4-8-16-35)19-20-37-31-21-26(34(38)39)11-13-28(31)32(33(29)37)25-9-5-3-6-10-25/h11-14,21-22,24-25H,3-10,15-20,23H2,1-2H3,(H,38,39). The Balaban J connectivity index is 1.48. The van der Waals surface area contributed by atoms with Crippen LogP contribution in [0.4, 0.5) is 5.69 Å². The molecule has 1 saturated heterocycles. The molecule has 1 saturated carbocycles. The topological polar surface area (TPSA) is 57.9 Å². The summed E-state index contributed by atoms with van der Waals surface area (Å²) in [6, 6.07) is 12.5. The number of carboxylic acid groups (broad SMARTS) is 1. The average molecular weight is 544 g/mol. The molecule has 6 nitrogen and oxygen atoms in total. The molecule has 0 amide bonds. The molecule has 0 unspecified atom stereocenters. The maximum atomic E-state index is 12.0. The van der Waals surface area contributed by atoms with E-state index >= 15 is 0 Å². The fraction of sp³-hybridized carbons (Fsp3) is 0.559. The molecule has 0 spiro atoms. The van der Waals surface area contributed by atoms with Gasteiger partial charge in [-0.25, -0.2) is 4.79 Å². The van der Waals surface area contributed by atoms with Gasteiger partial charge in [0, 0.05) is 54.4 Å². The normalized spacial score (nSPS) is 18.5. The molecule has 0 bridgehead atoms. The molecule has 6 heteroatoms. The van der Waals surface area contributed by atoms with E-state index in [1.165, 1.54) is 92.4 Å². The van der Waals surface area contributed by atoms with Gasteiger partial charge >= 0.3 is 5.97 Å². The van der Waals surface area contributed by atoms with Crippen LogP contribution in [0, 0.1) is 5.92 Å². The molecule has 3 aromatic rings. The molecule has 3 aliphatic rings. The van der Waals surface area contributed by atoms with Crippen LogP contribution >= 0.6 is 0 Å². The zero-order chi connectivity index (χ0) is 27.6. The fourth-order valence-corrected chi connectivity index (χ4v) is 7.18. The van der Waals surface area contributed by atoms with E-state index in [0.29, 0.717) is 24.0 Å². The Bertz CT molecular complexity index is 1350. The summed E-state index contributed by atoms with van der Waals surface area (Å²) in [7, 11) is 0. The number of aromatic carboxylic acids is 1. The highest BCUT2D eigenvalue weighted by molar-refractivity contribution is 5.99.